The van der Waals surface area contributed by atoms with E-state index in [0.29, 0.717) is 51.9 Å². The van der Waals surface area contributed by atoms with Crippen molar-refractivity contribution in [1.82, 2.24) is 10.3 Å². The number of pyridine rings is 1. The van der Waals surface area contributed by atoms with Crippen LogP contribution in [0.2, 0.25) is 0 Å². The summed E-state index contributed by atoms with van der Waals surface area (Å²) in [4.78, 5) is 31.5. The molecule has 0 spiro atoms. The molecule has 0 radical (unpaired) electrons. The maximum atomic E-state index is 14.6. The second-order valence-electron chi connectivity index (χ2n) is 10.5. The van der Waals surface area contributed by atoms with Crippen LogP contribution in [-0.2, 0) is 4.79 Å². The highest BCUT2D eigenvalue weighted by molar-refractivity contribution is 9.10. The average Bonchev–Trinajstić information content (AvgIpc) is 3.01. The molecule has 3 aromatic carbocycles. The van der Waals surface area contributed by atoms with Crippen LogP contribution in [0.1, 0.15) is 40.7 Å². The van der Waals surface area contributed by atoms with E-state index in [-0.39, 0.29) is 24.9 Å². The lowest BCUT2D eigenvalue weighted by atomic mass is 9.71. The zero-order valence-electron chi connectivity index (χ0n) is 23.8. The topological polar surface area (TPSA) is 97.8 Å². The van der Waals surface area contributed by atoms with E-state index in [9.17, 15) is 14.7 Å². The molecule has 2 N–H and O–H groups in total. The van der Waals surface area contributed by atoms with Gasteiger partial charge in [0, 0.05) is 27.9 Å². The minimum atomic E-state index is -1.01. The number of ether oxygens (including phenoxy) is 2. The Morgan fingerprint density at radius 3 is 2.45 bits per heavy atom. The van der Waals surface area contributed by atoms with Crippen LogP contribution in [0.25, 0.3) is 27.7 Å². The molecule has 2 unspecified atom stereocenters. The Hall–Kier alpha value is -4.01. The number of aromatic nitrogens is 1. The van der Waals surface area contributed by atoms with E-state index in [4.69, 9.17) is 14.5 Å². The van der Waals surface area contributed by atoms with Crippen molar-refractivity contribution in [3.63, 3.8) is 0 Å². The van der Waals surface area contributed by atoms with Gasteiger partial charge in [0.2, 0.25) is 0 Å². The summed E-state index contributed by atoms with van der Waals surface area (Å²) in [5.41, 5.74) is 3.88. The number of nitrogens with one attached hydrogen (secondary N) is 1. The summed E-state index contributed by atoms with van der Waals surface area (Å²) < 4.78 is 12.3. The van der Waals surface area contributed by atoms with Crippen molar-refractivity contribution in [2.45, 2.75) is 31.7 Å². The third kappa shape index (κ3) is 5.44. The molecule has 216 valence electrons. The lowest BCUT2D eigenvalue weighted by Crippen LogP contribution is -2.52. The van der Waals surface area contributed by atoms with Crippen LogP contribution >= 0.6 is 15.9 Å². The Bertz CT molecular complexity index is 1650. The Balaban J connectivity index is 1.72. The number of aldehydes is 1. The molecule has 0 aliphatic heterocycles. The molecule has 2 atom stereocenters. The predicted molar refractivity (Wildman–Crippen MR) is 168 cm³/mol. The van der Waals surface area contributed by atoms with E-state index in [0.717, 1.165) is 27.6 Å². The monoisotopic (exact) mass is 628 g/mol. The molecule has 0 fully saturated rings. The maximum absolute atomic E-state index is 14.6. The van der Waals surface area contributed by atoms with Gasteiger partial charge in [0.15, 0.2) is 0 Å². The third-order valence-electron chi connectivity index (χ3n) is 8.03. The van der Waals surface area contributed by atoms with Gasteiger partial charge in [0.1, 0.15) is 17.8 Å². The first-order valence-corrected chi connectivity index (χ1v) is 14.6. The summed E-state index contributed by atoms with van der Waals surface area (Å²) in [5.74, 6) is 0.435. The molecule has 42 heavy (non-hydrogen) atoms. The van der Waals surface area contributed by atoms with Gasteiger partial charge in [-0.25, -0.2) is 4.98 Å². The highest BCUT2D eigenvalue weighted by Crippen LogP contribution is 2.47. The van der Waals surface area contributed by atoms with Crippen molar-refractivity contribution < 1.29 is 24.2 Å². The lowest BCUT2D eigenvalue weighted by molar-refractivity contribution is -0.110. The van der Waals surface area contributed by atoms with E-state index < -0.39 is 5.54 Å². The van der Waals surface area contributed by atoms with Crippen LogP contribution in [0.4, 0.5) is 0 Å². The van der Waals surface area contributed by atoms with Crippen LogP contribution in [0.5, 0.6) is 11.5 Å². The van der Waals surface area contributed by atoms with Crippen molar-refractivity contribution in [2.24, 2.45) is 5.92 Å². The molecule has 1 amide bonds. The van der Waals surface area contributed by atoms with Crippen LogP contribution in [-0.4, -0.2) is 48.6 Å². The number of rotatable bonds is 9. The minimum Gasteiger partial charge on any atom is -0.496 e. The number of benzene rings is 3. The lowest BCUT2D eigenvalue weighted by Gasteiger charge is -2.42. The summed E-state index contributed by atoms with van der Waals surface area (Å²) in [5, 5.41) is 14.4. The summed E-state index contributed by atoms with van der Waals surface area (Å²) in [6.07, 6.45) is 3.97. The molecule has 0 saturated heterocycles. The molecule has 5 rings (SSSR count). The van der Waals surface area contributed by atoms with Crippen LogP contribution < -0.4 is 14.8 Å². The van der Waals surface area contributed by atoms with Crippen molar-refractivity contribution in [1.29, 1.82) is 0 Å². The Labute approximate surface area is 253 Å². The number of hydrogen-bond acceptors (Lipinski definition) is 6. The van der Waals surface area contributed by atoms with E-state index in [1.54, 1.807) is 14.2 Å². The van der Waals surface area contributed by atoms with Crippen molar-refractivity contribution in [3.05, 3.63) is 94.0 Å². The fourth-order valence-electron chi connectivity index (χ4n) is 5.97. The number of carbonyl (C=O) groups is 2. The maximum Gasteiger partial charge on any atom is 0.253 e. The molecule has 7 nitrogen and oxygen atoms in total. The van der Waals surface area contributed by atoms with Crippen LogP contribution in [0.15, 0.2) is 77.3 Å². The fraction of sp³-hybridized carbons (Fsp3) is 0.265. The van der Waals surface area contributed by atoms with Gasteiger partial charge >= 0.3 is 0 Å². The van der Waals surface area contributed by atoms with Gasteiger partial charge in [-0.15, -0.1) is 0 Å². The molecule has 8 heteroatoms. The molecule has 1 aliphatic carbocycles. The number of fused-ring (bicyclic) bond motifs is 1. The molecular weight excluding hydrogens is 596 g/mol. The SMILES string of the molecule is COc1cccc(OC)c1C1=CC(C=O)CCC1(CCO)NC(=O)c1c(C)c(-c2ccccc2)nc2ccc(Br)cc12. The van der Waals surface area contributed by atoms with Gasteiger partial charge in [0.05, 0.1) is 42.1 Å². The van der Waals surface area contributed by atoms with Gasteiger partial charge in [-0.05, 0) is 67.7 Å². The first kappa shape index (κ1) is 29.5. The number of aliphatic hydroxyl groups is 1. The molecule has 0 bridgehead atoms. The standard InChI is InChI=1S/C34H33BrN2O5/c1-21-30(25-19-24(35)12-13-27(25)36-32(21)23-8-5-4-6-9-23)33(40)37-34(16-17-38)15-14-22(20-39)18-26(34)31-28(41-2)10-7-11-29(31)42-3/h4-13,18-20,22,38H,14-17H2,1-3H3,(H,37,40). The smallest absolute Gasteiger partial charge is 0.253 e. The molecular formula is C34H33BrN2O5. The number of carbonyl (C=O) groups excluding carboxylic acids is 2. The summed E-state index contributed by atoms with van der Waals surface area (Å²) >= 11 is 3.56. The number of methoxy groups -OCH3 is 2. The highest BCUT2D eigenvalue weighted by atomic mass is 79.9. The largest absolute Gasteiger partial charge is 0.496 e. The minimum absolute atomic E-state index is 0.183. The first-order valence-electron chi connectivity index (χ1n) is 13.8. The van der Waals surface area contributed by atoms with E-state index in [1.807, 2.05) is 79.7 Å². The van der Waals surface area contributed by atoms with Crippen molar-refractivity contribution in [2.75, 3.05) is 20.8 Å². The second kappa shape index (κ2) is 12.5. The van der Waals surface area contributed by atoms with Crippen molar-refractivity contribution >= 4 is 44.6 Å². The summed E-state index contributed by atoms with van der Waals surface area (Å²) in [6, 6.07) is 21.0. The van der Waals surface area contributed by atoms with E-state index in [1.165, 1.54) is 0 Å². The highest BCUT2D eigenvalue weighted by Gasteiger charge is 2.42. The average molecular weight is 630 g/mol. The molecule has 1 aromatic heterocycles. The van der Waals surface area contributed by atoms with E-state index in [2.05, 4.69) is 21.2 Å². The first-order chi connectivity index (χ1) is 20.4. The predicted octanol–water partition coefficient (Wildman–Crippen LogP) is 6.53. The second-order valence-corrected chi connectivity index (χ2v) is 11.4. The molecule has 4 aromatic rings. The quantitative estimate of drug-likeness (QED) is 0.204. The van der Waals surface area contributed by atoms with Gasteiger partial charge < -0.3 is 24.7 Å². The van der Waals surface area contributed by atoms with Crippen LogP contribution in [0.3, 0.4) is 0 Å². The van der Waals surface area contributed by atoms with E-state index >= 15 is 0 Å². The number of nitrogens with zero attached hydrogens (tertiary/aromatic N) is 1. The fourth-order valence-corrected chi connectivity index (χ4v) is 6.34. The number of halogens is 1. The third-order valence-corrected chi connectivity index (χ3v) is 8.52. The number of amides is 1. The Kier molecular flexibility index (Phi) is 8.75. The Morgan fingerprint density at radius 1 is 1.10 bits per heavy atom. The molecule has 1 heterocycles. The molecule has 0 saturated carbocycles. The zero-order valence-corrected chi connectivity index (χ0v) is 25.4. The van der Waals surface area contributed by atoms with Gasteiger partial charge in [-0.3, -0.25) is 4.79 Å². The van der Waals surface area contributed by atoms with Crippen LogP contribution in [0, 0.1) is 12.8 Å². The van der Waals surface area contributed by atoms with Crippen molar-refractivity contribution in [3.8, 4) is 22.8 Å². The van der Waals surface area contributed by atoms with Gasteiger partial charge in [-0.2, -0.15) is 0 Å². The Morgan fingerprint density at radius 2 is 1.81 bits per heavy atom. The number of aliphatic hydroxyl groups excluding tert-OH is 1. The zero-order chi connectivity index (χ0) is 29.9. The van der Waals surface area contributed by atoms with Gasteiger partial charge in [-0.1, -0.05) is 58.4 Å². The number of hydrogen-bond donors (Lipinski definition) is 2. The normalized spacial score (nSPS) is 18.3. The summed E-state index contributed by atoms with van der Waals surface area (Å²) in [6.45, 7) is 1.73. The van der Waals surface area contributed by atoms with Gasteiger partial charge in [0.25, 0.3) is 5.91 Å². The molecule has 1 aliphatic rings. The summed E-state index contributed by atoms with van der Waals surface area (Å²) in [7, 11) is 3.14. The number of allylic oxidation sites excluding steroid dienone is 1.